The zero-order valence-electron chi connectivity index (χ0n) is 8.10. The zero-order valence-corrected chi connectivity index (χ0v) is 8.10. The molecule has 0 saturated heterocycles. The van der Waals surface area contributed by atoms with E-state index >= 15 is 0 Å². The Bertz CT molecular complexity index is 360. The Hall–Kier alpha value is -1.51. The van der Waals surface area contributed by atoms with Gasteiger partial charge in [0.25, 0.3) is 0 Å². The van der Waals surface area contributed by atoms with Crippen LogP contribution in [0.2, 0.25) is 0 Å². The van der Waals surface area contributed by atoms with Crippen molar-refractivity contribution in [3.8, 4) is 5.75 Å². The highest BCUT2D eigenvalue weighted by atomic mass is 16.5. The quantitative estimate of drug-likeness (QED) is 0.779. The van der Waals surface area contributed by atoms with E-state index in [1.165, 1.54) is 0 Å². The molecule has 2 rings (SSSR count). The molecule has 0 fully saturated rings. The molecular weight excluding hydrogens is 178 g/mol. The van der Waals surface area contributed by atoms with Crippen molar-refractivity contribution >= 4 is 5.90 Å². The van der Waals surface area contributed by atoms with E-state index in [2.05, 4.69) is 4.99 Å². The summed E-state index contributed by atoms with van der Waals surface area (Å²) in [4.78, 5) is 4.25. The summed E-state index contributed by atoms with van der Waals surface area (Å²) in [5.74, 6) is 1.08. The smallest absolute Gasteiger partial charge is 0.183 e. The van der Waals surface area contributed by atoms with Crippen LogP contribution in [0.1, 0.15) is 25.0 Å². The third kappa shape index (κ3) is 1.71. The van der Waals surface area contributed by atoms with Gasteiger partial charge in [-0.15, -0.1) is 0 Å². The molecule has 1 unspecified atom stereocenters. The Balaban J connectivity index is 2.12. The van der Waals surface area contributed by atoms with Crippen LogP contribution in [0.3, 0.4) is 0 Å². The molecule has 0 amide bonds. The van der Waals surface area contributed by atoms with Gasteiger partial charge < -0.3 is 9.84 Å². The molecule has 74 valence electrons. The maximum atomic E-state index is 9.30. The maximum absolute atomic E-state index is 9.30. The van der Waals surface area contributed by atoms with Crippen molar-refractivity contribution in [2.24, 2.45) is 4.99 Å². The monoisotopic (exact) mass is 191 g/mol. The lowest BCUT2D eigenvalue weighted by atomic mass is 10.1. The van der Waals surface area contributed by atoms with E-state index in [1.54, 1.807) is 12.1 Å². The molecule has 0 bridgehead atoms. The Kier molecular flexibility index (Phi) is 2.39. The molecule has 1 aromatic carbocycles. The van der Waals surface area contributed by atoms with Crippen LogP contribution >= 0.6 is 0 Å². The molecule has 0 aromatic heterocycles. The normalized spacial score (nSPS) is 20.4. The van der Waals surface area contributed by atoms with Gasteiger partial charge in [0.2, 0.25) is 0 Å². The second-order valence-electron chi connectivity index (χ2n) is 3.29. The van der Waals surface area contributed by atoms with Gasteiger partial charge in [0.1, 0.15) is 11.9 Å². The van der Waals surface area contributed by atoms with Crippen molar-refractivity contribution in [3.63, 3.8) is 0 Å². The van der Waals surface area contributed by atoms with Gasteiger partial charge in [-0.2, -0.15) is 0 Å². The first-order valence-corrected chi connectivity index (χ1v) is 4.78. The number of nitrogens with zero attached hydrogens (tertiary/aromatic N) is 1. The number of aliphatic imine (C=N–C) groups is 1. The second kappa shape index (κ2) is 3.70. The summed E-state index contributed by atoms with van der Waals surface area (Å²) in [6, 6.07) is 7.13. The fourth-order valence-electron chi connectivity index (χ4n) is 1.52. The number of aromatic hydroxyl groups is 1. The van der Waals surface area contributed by atoms with Crippen LogP contribution in [0, 0.1) is 0 Å². The van der Waals surface area contributed by atoms with Gasteiger partial charge in [0.05, 0.1) is 6.54 Å². The SMILES string of the molecule is CCC1=NCC(c2cccc(O)c2)O1. The van der Waals surface area contributed by atoms with E-state index in [-0.39, 0.29) is 11.9 Å². The summed E-state index contributed by atoms with van der Waals surface area (Å²) < 4.78 is 5.59. The van der Waals surface area contributed by atoms with Crippen molar-refractivity contribution in [1.29, 1.82) is 0 Å². The number of ether oxygens (including phenoxy) is 1. The van der Waals surface area contributed by atoms with Crippen LogP contribution in [0.5, 0.6) is 5.75 Å². The molecular formula is C11H13NO2. The topological polar surface area (TPSA) is 41.8 Å². The Labute approximate surface area is 83.1 Å². The second-order valence-corrected chi connectivity index (χ2v) is 3.29. The number of hydrogen-bond acceptors (Lipinski definition) is 3. The summed E-state index contributed by atoms with van der Waals surface area (Å²) in [5, 5.41) is 9.30. The first-order valence-electron chi connectivity index (χ1n) is 4.78. The average molecular weight is 191 g/mol. The minimum atomic E-state index is -0.0166. The van der Waals surface area contributed by atoms with Crippen molar-refractivity contribution in [1.82, 2.24) is 0 Å². The van der Waals surface area contributed by atoms with E-state index in [1.807, 2.05) is 19.1 Å². The summed E-state index contributed by atoms with van der Waals surface area (Å²) >= 11 is 0. The Morgan fingerprint density at radius 2 is 2.43 bits per heavy atom. The summed E-state index contributed by atoms with van der Waals surface area (Å²) in [7, 11) is 0. The number of phenolic OH excluding ortho intramolecular Hbond substituents is 1. The summed E-state index contributed by atoms with van der Waals surface area (Å²) in [5.41, 5.74) is 0.984. The van der Waals surface area contributed by atoms with E-state index in [0.29, 0.717) is 6.54 Å². The lowest BCUT2D eigenvalue weighted by Crippen LogP contribution is -2.03. The lowest BCUT2D eigenvalue weighted by Gasteiger charge is -2.10. The highest BCUT2D eigenvalue weighted by molar-refractivity contribution is 5.77. The molecule has 1 aliphatic heterocycles. The fraction of sp³-hybridized carbons (Fsp3) is 0.364. The average Bonchev–Trinajstić information content (AvgIpc) is 2.66. The molecule has 1 N–H and O–H groups in total. The Morgan fingerprint density at radius 1 is 1.57 bits per heavy atom. The maximum Gasteiger partial charge on any atom is 0.183 e. The van der Waals surface area contributed by atoms with Gasteiger partial charge >= 0.3 is 0 Å². The molecule has 0 radical (unpaired) electrons. The number of phenols is 1. The van der Waals surface area contributed by atoms with Crippen LogP contribution in [0.25, 0.3) is 0 Å². The standard InChI is InChI=1S/C11H13NO2/c1-2-11-12-7-10(14-11)8-4-3-5-9(13)6-8/h3-6,10,13H,2,7H2,1H3. The van der Waals surface area contributed by atoms with Gasteiger partial charge in [-0.05, 0) is 17.7 Å². The molecule has 1 aromatic rings. The number of rotatable bonds is 2. The number of benzene rings is 1. The van der Waals surface area contributed by atoms with Gasteiger partial charge in [-0.1, -0.05) is 19.1 Å². The molecule has 0 aliphatic carbocycles. The van der Waals surface area contributed by atoms with Crippen LogP contribution < -0.4 is 0 Å². The predicted octanol–water partition coefficient (Wildman–Crippen LogP) is 2.27. The highest BCUT2D eigenvalue weighted by Crippen LogP contribution is 2.25. The highest BCUT2D eigenvalue weighted by Gasteiger charge is 2.20. The Morgan fingerprint density at radius 3 is 3.07 bits per heavy atom. The van der Waals surface area contributed by atoms with Crippen molar-refractivity contribution in [3.05, 3.63) is 29.8 Å². The molecule has 14 heavy (non-hydrogen) atoms. The van der Waals surface area contributed by atoms with Crippen LogP contribution in [0.4, 0.5) is 0 Å². The van der Waals surface area contributed by atoms with Crippen molar-refractivity contribution < 1.29 is 9.84 Å². The molecule has 3 nitrogen and oxygen atoms in total. The molecule has 0 saturated carbocycles. The molecule has 3 heteroatoms. The van der Waals surface area contributed by atoms with E-state index < -0.39 is 0 Å². The van der Waals surface area contributed by atoms with Gasteiger partial charge in [0, 0.05) is 6.42 Å². The molecule has 1 heterocycles. The first-order chi connectivity index (χ1) is 6.79. The number of hydrogen-bond donors (Lipinski definition) is 1. The van der Waals surface area contributed by atoms with Crippen molar-refractivity contribution in [2.75, 3.05) is 6.54 Å². The minimum absolute atomic E-state index is 0.0166. The van der Waals surface area contributed by atoms with Crippen LogP contribution in [-0.2, 0) is 4.74 Å². The predicted molar refractivity (Wildman–Crippen MR) is 54.5 cm³/mol. The van der Waals surface area contributed by atoms with Crippen LogP contribution in [-0.4, -0.2) is 17.5 Å². The van der Waals surface area contributed by atoms with Gasteiger partial charge in [0.15, 0.2) is 5.90 Å². The van der Waals surface area contributed by atoms with E-state index in [4.69, 9.17) is 4.74 Å². The summed E-state index contributed by atoms with van der Waals surface area (Å²) in [6.45, 7) is 2.68. The zero-order chi connectivity index (χ0) is 9.97. The van der Waals surface area contributed by atoms with Crippen LogP contribution in [0.15, 0.2) is 29.3 Å². The minimum Gasteiger partial charge on any atom is -0.508 e. The molecule has 1 aliphatic rings. The first kappa shape index (κ1) is 9.06. The van der Waals surface area contributed by atoms with Gasteiger partial charge in [-0.3, -0.25) is 4.99 Å². The summed E-state index contributed by atoms with van der Waals surface area (Å²) in [6.07, 6.45) is 0.812. The fourth-order valence-corrected chi connectivity index (χ4v) is 1.52. The molecule has 1 atom stereocenters. The third-order valence-electron chi connectivity index (χ3n) is 2.26. The van der Waals surface area contributed by atoms with Crippen molar-refractivity contribution in [2.45, 2.75) is 19.4 Å². The third-order valence-corrected chi connectivity index (χ3v) is 2.26. The van der Waals surface area contributed by atoms with E-state index in [0.717, 1.165) is 17.9 Å². The largest absolute Gasteiger partial charge is 0.508 e. The molecule has 0 spiro atoms. The van der Waals surface area contributed by atoms with E-state index in [9.17, 15) is 5.11 Å². The van der Waals surface area contributed by atoms with Gasteiger partial charge in [-0.25, -0.2) is 0 Å². The lowest BCUT2D eigenvalue weighted by molar-refractivity contribution is 0.224.